The van der Waals surface area contributed by atoms with Crippen molar-refractivity contribution in [2.75, 3.05) is 6.61 Å². The Morgan fingerprint density at radius 2 is 1.46 bits per heavy atom. The second kappa shape index (κ2) is 13.0. The molecule has 4 aromatic rings. The van der Waals surface area contributed by atoms with E-state index in [4.69, 9.17) is 14.2 Å². The molecule has 0 unspecified atom stereocenters. The van der Waals surface area contributed by atoms with Gasteiger partial charge in [-0.3, -0.25) is 4.79 Å². The summed E-state index contributed by atoms with van der Waals surface area (Å²) in [6, 6.07) is 30.7. The van der Waals surface area contributed by atoms with Crippen LogP contribution in [0.25, 0.3) is 0 Å². The number of hydrogen-bond donors (Lipinski definition) is 1. The molecule has 37 heavy (non-hydrogen) atoms. The first-order valence-corrected chi connectivity index (χ1v) is 12.1. The van der Waals surface area contributed by atoms with Crippen LogP contribution >= 0.6 is 15.9 Å². The summed E-state index contributed by atoms with van der Waals surface area (Å²) in [6.07, 6.45) is 1.40. The first-order valence-electron chi connectivity index (χ1n) is 11.3. The minimum atomic E-state index is -0.494. The normalized spacial score (nSPS) is 10.6. The monoisotopic (exact) mass is 558 g/mol. The first kappa shape index (κ1) is 25.7. The average Bonchev–Trinajstić information content (AvgIpc) is 2.93. The van der Waals surface area contributed by atoms with Gasteiger partial charge in [-0.05, 0) is 60.2 Å². The molecule has 0 aliphatic rings. The Hall–Kier alpha value is -4.43. The van der Waals surface area contributed by atoms with E-state index in [-0.39, 0.29) is 6.61 Å². The minimum Gasteiger partial charge on any atom is -0.489 e. The van der Waals surface area contributed by atoms with E-state index >= 15 is 0 Å². The highest BCUT2D eigenvalue weighted by Crippen LogP contribution is 2.23. The van der Waals surface area contributed by atoms with Crippen LogP contribution in [0.3, 0.4) is 0 Å². The van der Waals surface area contributed by atoms with Crippen molar-refractivity contribution < 1.29 is 23.8 Å². The molecule has 0 heterocycles. The summed E-state index contributed by atoms with van der Waals surface area (Å²) in [5, 5.41) is 3.97. The fraction of sp³-hybridized carbons (Fsp3) is 0.0690. The maximum absolute atomic E-state index is 12.4. The number of rotatable bonds is 10. The highest BCUT2D eigenvalue weighted by Gasteiger charge is 2.11. The molecule has 0 bridgehead atoms. The number of halogens is 1. The highest BCUT2D eigenvalue weighted by atomic mass is 79.9. The van der Waals surface area contributed by atoms with Crippen molar-refractivity contribution in [2.24, 2.45) is 5.10 Å². The lowest BCUT2D eigenvalue weighted by atomic mass is 10.2. The Morgan fingerprint density at radius 1 is 0.811 bits per heavy atom. The van der Waals surface area contributed by atoms with Gasteiger partial charge in [0.2, 0.25) is 0 Å². The van der Waals surface area contributed by atoms with Crippen LogP contribution in [-0.2, 0) is 11.4 Å². The van der Waals surface area contributed by atoms with Crippen LogP contribution in [0.2, 0.25) is 0 Å². The fourth-order valence-electron chi connectivity index (χ4n) is 3.17. The molecular weight excluding hydrogens is 536 g/mol. The molecular formula is C29H23BrN2O5. The Kier molecular flexibility index (Phi) is 9.04. The third kappa shape index (κ3) is 8.05. The number of hydrazone groups is 1. The summed E-state index contributed by atoms with van der Waals surface area (Å²) in [5.41, 5.74) is 4.41. The number of amides is 1. The van der Waals surface area contributed by atoms with Crippen molar-refractivity contribution in [3.63, 3.8) is 0 Å². The molecule has 4 rings (SSSR count). The summed E-state index contributed by atoms with van der Waals surface area (Å²) in [7, 11) is 0. The van der Waals surface area contributed by atoms with Crippen molar-refractivity contribution in [3.05, 3.63) is 124 Å². The van der Waals surface area contributed by atoms with Crippen molar-refractivity contribution in [2.45, 2.75) is 6.61 Å². The zero-order chi connectivity index (χ0) is 25.9. The van der Waals surface area contributed by atoms with Crippen LogP contribution < -0.4 is 19.6 Å². The van der Waals surface area contributed by atoms with Crippen molar-refractivity contribution >= 4 is 34.0 Å². The molecule has 0 atom stereocenters. The number of ether oxygens (including phenoxy) is 3. The van der Waals surface area contributed by atoms with Gasteiger partial charge in [-0.15, -0.1) is 0 Å². The lowest BCUT2D eigenvalue weighted by molar-refractivity contribution is -0.123. The van der Waals surface area contributed by atoms with E-state index in [9.17, 15) is 9.59 Å². The van der Waals surface area contributed by atoms with Gasteiger partial charge in [-0.1, -0.05) is 64.5 Å². The molecule has 0 saturated carbocycles. The summed E-state index contributed by atoms with van der Waals surface area (Å²) < 4.78 is 17.5. The lowest BCUT2D eigenvalue weighted by Crippen LogP contribution is -2.24. The van der Waals surface area contributed by atoms with Gasteiger partial charge in [0.05, 0.1) is 11.8 Å². The molecule has 4 aromatic carbocycles. The number of esters is 1. The SMILES string of the molecule is O=C(COc1ccc(OCc2ccccc2)cc1)N/N=C\c1cc(Br)ccc1OC(=O)c1ccccc1. The quantitative estimate of drug-likeness (QED) is 0.115. The Bertz CT molecular complexity index is 1360. The second-order valence-corrected chi connectivity index (χ2v) is 8.68. The number of carbonyl (C=O) groups is 2. The van der Waals surface area contributed by atoms with E-state index in [0.29, 0.717) is 35.0 Å². The number of nitrogens with one attached hydrogen (secondary N) is 1. The molecule has 0 aliphatic carbocycles. The van der Waals surface area contributed by atoms with Crippen LogP contribution in [0.15, 0.2) is 113 Å². The largest absolute Gasteiger partial charge is 0.489 e. The Labute approximate surface area is 222 Å². The molecule has 1 amide bonds. The summed E-state index contributed by atoms with van der Waals surface area (Å²) in [4.78, 5) is 24.6. The van der Waals surface area contributed by atoms with Crippen LogP contribution in [0.1, 0.15) is 21.5 Å². The maximum atomic E-state index is 12.4. The van der Waals surface area contributed by atoms with E-state index in [1.165, 1.54) is 6.21 Å². The van der Waals surface area contributed by atoms with Crippen molar-refractivity contribution in [3.8, 4) is 17.2 Å². The first-order chi connectivity index (χ1) is 18.1. The van der Waals surface area contributed by atoms with Gasteiger partial charge in [-0.25, -0.2) is 10.2 Å². The number of hydrogen-bond acceptors (Lipinski definition) is 6. The van der Waals surface area contributed by atoms with Gasteiger partial charge in [0.25, 0.3) is 5.91 Å². The molecule has 8 heteroatoms. The smallest absolute Gasteiger partial charge is 0.343 e. The molecule has 0 spiro atoms. The third-order valence-corrected chi connectivity index (χ3v) is 5.51. The van der Waals surface area contributed by atoms with E-state index in [1.807, 2.05) is 36.4 Å². The maximum Gasteiger partial charge on any atom is 0.343 e. The van der Waals surface area contributed by atoms with E-state index in [0.717, 1.165) is 10.0 Å². The molecule has 0 aromatic heterocycles. The summed E-state index contributed by atoms with van der Waals surface area (Å²) >= 11 is 3.39. The summed E-state index contributed by atoms with van der Waals surface area (Å²) in [6.45, 7) is 0.239. The Balaban J connectivity index is 1.26. The van der Waals surface area contributed by atoms with Crippen molar-refractivity contribution in [1.29, 1.82) is 0 Å². The number of benzene rings is 4. The van der Waals surface area contributed by atoms with Gasteiger partial charge >= 0.3 is 5.97 Å². The second-order valence-electron chi connectivity index (χ2n) is 7.77. The van der Waals surface area contributed by atoms with E-state index < -0.39 is 11.9 Å². The predicted molar refractivity (Wildman–Crippen MR) is 144 cm³/mol. The van der Waals surface area contributed by atoms with Crippen LogP contribution in [-0.4, -0.2) is 24.7 Å². The molecule has 0 aliphatic heterocycles. The van der Waals surface area contributed by atoms with Crippen LogP contribution in [0.5, 0.6) is 17.2 Å². The zero-order valence-corrected chi connectivity index (χ0v) is 21.3. The fourth-order valence-corrected chi connectivity index (χ4v) is 3.55. The molecule has 0 saturated heterocycles. The molecule has 0 fully saturated rings. The van der Waals surface area contributed by atoms with E-state index in [1.54, 1.807) is 66.7 Å². The van der Waals surface area contributed by atoms with Crippen LogP contribution in [0.4, 0.5) is 0 Å². The van der Waals surface area contributed by atoms with Gasteiger partial charge in [0.15, 0.2) is 6.61 Å². The third-order valence-electron chi connectivity index (χ3n) is 5.02. The molecule has 1 N–H and O–H groups in total. The number of nitrogens with zero attached hydrogens (tertiary/aromatic N) is 1. The van der Waals surface area contributed by atoms with Crippen LogP contribution in [0, 0.1) is 0 Å². The standard InChI is InChI=1S/C29H23BrN2O5/c30-24-11-16-27(37-29(34)22-9-5-2-6-10-22)23(17-24)18-31-32-28(33)20-36-26-14-12-25(13-15-26)35-19-21-7-3-1-4-8-21/h1-18H,19-20H2,(H,32,33)/b31-18-. The van der Waals surface area contributed by atoms with E-state index in [2.05, 4.69) is 26.5 Å². The van der Waals surface area contributed by atoms with Gasteiger partial charge < -0.3 is 14.2 Å². The Morgan fingerprint density at radius 3 is 2.16 bits per heavy atom. The van der Waals surface area contributed by atoms with Crippen molar-refractivity contribution in [1.82, 2.24) is 5.43 Å². The summed E-state index contributed by atoms with van der Waals surface area (Å²) in [5.74, 6) is 0.585. The number of carbonyl (C=O) groups excluding carboxylic acids is 2. The lowest BCUT2D eigenvalue weighted by Gasteiger charge is -2.09. The highest BCUT2D eigenvalue weighted by molar-refractivity contribution is 9.10. The van der Waals surface area contributed by atoms with Gasteiger partial charge in [-0.2, -0.15) is 5.10 Å². The topological polar surface area (TPSA) is 86.2 Å². The minimum absolute atomic E-state index is 0.226. The molecule has 186 valence electrons. The average molecular weight is 559 g/mol. The zero-order valence-electron chi connectivity index (χ0n) is 19.7. The molecule has 7 nitrogen and oxygen atoms in total. The molecule has 0 radical (unpaired) electrons. The van der Waals surface area contributed by atoms with Gasteiger partial charge in [0.1, 0.15) is 23.9 Å². The predicted octanol–water partition coefficient (Wildman–Crippen LogP) is 5.78. The van der Waals surface area contributed by atoms with Gasteiger partial charge in [0, 0.05) is 10.0 Å².